The first-order valence-electron chi connectivity index (χ1n) is 9.35. The topological polar surface area (TPSA) is 197 Å². The summed E-state index contributed by atoms with van der Waals surface area (Å²) in [6.07, 6.45) is 2.10. The lowest BCUT2D eigenvalue weighted by molar-refractivity contribution is -0.143. The molecule has 28 heavy (non-hydrogen) atoms. The van der Waals surface area contributed by atoms with Gasteiger partial charge in [0.25, 0.3) is 0 Å². The van der Waals surface area contributed by atoms with Crippen molar-refractivity contribution in [1.82, 2.24) is 16.0 Å². The maximum atomic E-state index is 12.7. The Morgan fingerprint density at radius 3 is 2.07 bits per heavy atom. The van der Waals surface area contributed by atoms with Gasteiger partial charge in [-0.05, 0) is 31.7 Å². The van der Waals surface area contributed by atoms with Crippen LogP contribution < -0.4 is 27.4 Å². The molecule has 0 saturated carbocycles. The summed E-state index contributed by atoms with van der Waals surface area (Å²) >= 11 is 0. The summed E-state index contributed by atoms with van der Waals surface area (Å²) in [7, 11) is 0. The molecule has 9 N–H and O–H groups in total. The summed E-state index contributed by atoms with van der Waals surface area (Å²) < 4.78 is 0. The quantitative estimate of drug-likeness (QED) is 0.156. The van der Waals surface area contributed by atoms with Gasteiger partial charge in [-0.1, -0.05) is 20.3 Å². The Morgan fingerprint density at radius 1 is 0.964 bits per heavy atom. The van der Waals surface area contributed by atoms with E-state index in [0.29, 0.717) is 32.2 Å². The van der Waals surface area contributed by atoms with Crippen molar-refractivity contribution in [2.45, 2.75) is 57.7 Å². The summed E-state index contributed by atoms with van der Waals surface area (Å²) in [5.74, 6) is -3.51. The summed E-state index contributed by atoms with van der Waals surface area (Å²) in [6.45, 7) is 2.91. The molecule has 4 unspecified atom stereocenters. The normalized spacial score (nSPS) is 15.0. The number of rotatable bonds is 14. The van der Waals surface area contributed by atoms with Crippen LogP contribution in [0.5, 0.6) is 0 Å². The zero-order valence-corrected chi connectivity index (χ0v) is 16.4. The molecule has 162 valence electrons. The summed E-state index contributed by atoms with van der Waals surface area (Å²) in [5.41, 5.74) is 10.7. The van der Waals surface area contributed by atoms with Crippen molar-refractivity contribution in [3.63, 3.8) is 0 Å². The number of nitrogens with two attached hydrogens (primary N) is 2. The smallest absolute Gasteiger partial charge is 0.328 e. The highest BCUT2D eigenvalue weighted by molar-refractivity contribution is 5.93. The molecular formula is C17H33N5O6. The second kappa shape index (κ2) is 13.9. The number of aliphatic carboxylic acids is 1. The van der Waals surface area contributed by atoms with E-state index in [1.54, 1.807) is 6.92 Å². The van der Waals surface area contributed by atoms with Crippen LogP contribution in [0.1, 0.15) is 39.5 Å². The van der Waals surface area contributed by atoms with Crippen molar-refractivity contribution in [3.05, 3.63) is 0 Å². The average Bonchev–Trinajstić information content (AvgIpc) is 2.67. The molecular weight excluding hydrogens is 370 g/mol. The minimum Gasteiger partial charge on any atom is -0.480 e. The predicted molar refractivity (Wildman–Crippen MR) is 102 cm³/mol. The van der Waals surface area contributed by atoms with Gasteiger partial charge in [-0.15, -0.1) is 0 Å². The van der Waals surface area contributed by atoms with E-state index in [4.69, 9.17) is 21.7 Å². The number of unbranched alkanes of at least 4 members (excludes halogenated alkanes) is 1. The standard InChI is InChI=1S/C17H33N5O6/c1-3-10(2)14(16(26)21-12(9-23)17(27)28)22-15(25)11(6-4-5-7-18)20-13(24)8-19/h10-12,14,23H,3-9,18-19H2,1-2H3,(H,20,24)(H,21,26)(H,22,25)(H,27,28). The molecule has 0 spiro atoms. The molecule has 0 aliphatic heterocycles. The van der Waals surface area contributed by atoms with Crippen LogP contribution >= 0.6 is 0 Å². The van der Waals surface area contributed by atoms with Gasteiger partial charge >= 0.3 is 5.97 Å². The summed E-state index contributed by atoms with van der Waals surface area (Å²) in [5, 5.41) is 25.4. The second-order valence-corrected chi connectivity index (χ2v) is 6.56. The Bertz CT molecular complexity index is 530. The van der Waals surface area contributed by atoms with Gasteiger partial charge in [0.15, 0.2) is 0 Å². The van der Waals surface area contributed by atoms with Gasteiger partial charge in [-0.2, -0.15) is 0 Å². The van der Waals surface area contributed by atoms with E-state index in [-0.39, 0.29) is 12.5 Å². The first kappa shape index (κ1) is 25.8. The van der Waals surface area contributed by atoms with Gasteiger partial charge in [-0.25, -0.2) is 4.79 Å². The zero-order valence-electron chi connectivity index (χ0n) is 16.4. The van der Waals surface area contributed by atoms with E-state index < -0.39 is 48.4 Å². The third kappa shape index (κ3) is 9.11. The lowest BCUT2D eigenvalue weighted by Crippen LogP contribution is -2.58. The second-order valence-electron chi connectivity index (χ2n) is 6.56. The number of hydrogen-bond acceptors (Lipinski definition) is 7. The van der Waals surface area contributed by atoms with Crippen LogP contribution in [0.4, 0.5) is 0 Å². The number of carbonyl (C=O) groups is 4. The zero-order chi connectivity index (χ0) is 21.7. The van der Waals surface area contributed by atoms with Crippen molar-refractivity contribution >= 4 is 23.7 Å². The lowest BCUT2D eigenvalue weighted by atomic mass is 9.97. The summed E-state index contributed by atoms with van der Waals surface area (Å²) in [4.78, 5) is 47.8. The molecule has 0 bridgehead atoms. The number of carboxylic acid groups (broad SMARTS) is 1. The van der Waals surface area contributed by atoms with E-state index in [1.807, 2.05) is 6.92 Å². The fourth-order valence-corrected chi connectivity index (χ4v) is 2.42. The van der Waals surface area contributed by atoms with Crippen molar-refractivity contribution in [1.29, 1.82) is 0 Å². The van der Waals surface area contributed by atoms with Crippen molar-refractivity contribution in [2.24, 2.45) is 17.4 Å². The maximum absolute atomic E-state index is 12.7. The third-order valence-corrected chi connectivity index (χ3v) is 4.37. The van der Waals surface area contributed by atoms with E-state index in [0.717, 1.165) is 0 Å². The third-order valence-electron chi connectivity index (χ3n) is 4.37. The minimum atomic E-state index is -1.48. The molecule has 11 nitrogen and oxygen atoms in total. The molecule has 0 radical (unpaired) electrons. The molecule has 0 rings (SSSR count). The largest absolute Gasteiger partial charge is 0.480 e. The maximum Gasteiger partial charge on any atom is 0.328 e. The molecule has 4 atom stereocenters. The van der Waals surface area contributed by atoms with E-state index >= 15 is 0 Å². The lowest BCUT2D eigenvalue weighted by Gasteiger charge is -2.27. The molecule has 3 amide bonds. The Kier molecular flexibility index (Phi) is 12.7. The number of nitrogens with one attached hydrogen (secondary N) is 3. The van der Waals surface area contributed by atoms with Crippen LogP contribution in [0, 0.1) is 5.92 Å². The molecule has 0 fully saturated rings. The van der Waals surface area contributed by atoms with Crippen LogP contribution in [0.25, 0.3) is 0 Å². The van der Waals surface area contributed by atoms with Gasteiger partial charge in [0.05, 0.1) is 13.2 Å². The Morgan fingerprint density at radius 2 is 1.61 bits per heavy atom. The number of aliphatic hydroxyl groups excluding tert-OH is 1. The molecule has 0 heterocycles. The van der Waals surface area contributed by atoms with E-state index in [1.165, 1.54) is 0 Å². The Hall–Kier alpha value is -2.24. The van der Waals surface area contributed by atoms with Gasteiger partial charge in [-0.3, -0.25) is 14.4 Å². The monoisotopic (exact) mass is 403 g/mol. The summed E-state index contributed by atoms with van der Waals surface area (Å²) in [6, 6.07) is -3.40. The Balaban J connectivity index is 5.27. The first-order chi connectivity index (χ1) is 13.2. The van der Waals surface area contributed by atoms with Crippen LogP contribution in [-0.2, 0) is 19.2 Å². The van der Waals surface area contributed by atoms with Crippen LogP contribution in [0.3, 0.4) is 0 Å². The SMILES string of the molecule is CCC(C)C(NC(=O)C(CCCCN)NC(=O)CN)C(=O)NC(CO)C(=O)O. The molecule has 0 aromatic rings. The fourth-order valence-electron chi connectivity index (χ4n) is 2.42. The van der Waals surface area contributed by atoms with Crippen LogP contribution in [-0.4, -0.2) is 71.7 Å². The molecule has 0 aromatic heterocycles. The fraction of sp³-hybridized carbons (Fsp3) is 0.765. The molecule has 0 aliphatic rings. The minimum absolute atomic E-state index is 0.285. The average molecular weight is 403 g/mol. The highest BCUT2D eigenvalue weighted by Gasteiger charge is 2.31. The highest BCUT2D eigenvalue weighted by atomic mass is 16.4. The number of amides is 3. The highest BCUT2D eigenvalue weighted by Crippen LogP contribution is 2.10. The molecule has 0 aliphatic carbocycles. The van der Waals surface area contributed by atoms with Crippen molar-refractivity contribution < 1.29 is 29.4 Å². The predicted octanol–water partition coefficient (Wildman–Crippen LogP) is -2.35. The van der Waals surface area contributed by atoms with Gasteiger partial charge in [0.1, 0.15) is 18.1 Å². The van der Waals surface area contributed by atoms with Gasteiger partial charge < -0.3 is 37.6 Å². The number of hydrogen-bond donors (Lipinski definition) is 7. The van der Waals surface area contributed by atoms with Crippen LogP contribution in [0.15, 0.2) is 0 Å². The molecule has 0 aromatic carbocycles. The van der Waals surface area contributed by atoms with E-state index in [9.17, 15) is 19.2 Å². The van der Waals surface area contributed by atoms with Crippen LogP contribution in [0.2, 0.25) is 0 Å². The Labute approximate surface area is 164 Å². The van der Waals surface area contributed by atoms with Crippen molar-refractivity contribution in [2.75, 3.05) is 19.7 Å². The van der Waals surface area contributed by atoms with E-state index in [2.05, 4.69) is 16.0 Å². The van der Waals surface area contributed by atoms with Crippen molar-refractivity contribution in [3.8, 4) is 0 Å². The van der Waals surface area contributed by atoms with Gasteiger partial charge in [0.2, 0.25) is 17.7 Å². The molecule has 11 heteroatoms. The van der Waals surface area contributed by atoms with Gasteiger partial charge in [0, 0.05) is 0 Å². The number of aliphatic hydroxyl groups is 1. The number of carbonyl (C=O) groups excluding carboxylic acids is 3. The molecule has 0 saturated heterocycles. The number of carboxylic acids is 1. The first-order valence-corrected chi connectivity index (χ1v) is 9.35.